The van der Waals surface area contributed by atoms with Gasteiger partial charge in [0.25, 0.3) is 0 Å². The smallest absolute Gasteiger partial charge is 0.410 e. The minimum Gasteiger partial charge on any atom is -0.448 e. The predicted molar refractivity (Wildman–Crippen MR) is 91.7 cm³/mol. The van der Waals surface area contributed by atoms with E-state index in [4.69, 9.17) is 4.74 Å². The first-order chi connectivity index (χ1) is 12.0. The van der Waals surface area contributed by atoms with Crippen LogP contribution >= 0.6 is 0 Å². The molecule has 0 unspecified atom stereocenters. The number of cyclic esters (lactones) is 1. The second-order valence-corrected chi connectivity index (χ2v) is 6.64. The molecule has 1 heterocycles. The largest absolute Gasteiger partial charge is 0.448 e. The Morgan fingerprint density at radius 2 is 2.16 bits per heavy atom. The van der Waals surface area contributed by atoms with Crippen LogP contribution in [-0.2, 0) is 20.9 Å². The number of benzene rings is 1. The number of rotatable bonds is 7. The highest BCUT2D eigenvalue weighted by Gasteiger charge is 2.38. The molecule has 1 saturated heterocycles. The standard InChI is InChI=1S/C18H23N3O4/c1-12-9-15(12)17(23)19-6-5-16(22)20-14-4-2-3-13(10-14)11-21-7-8-25-18(21)24/h2-4,10,12,15H,5-9,11H2,1H3,(H,19,23)(H,20,22)/t12-,15+/m1/s1. The van der Waals surface area contributed by atoms with Crippen LogP contribution in [0.5, 0.6) is 0 Å². The van der Waals surface area contributed by atoms with Crippen molar-refractivity contribution < 1.29 is 19.1 Å². The van der Waals surface area contributed by atoms with Crippen molar-refractivity contribution >= 4 is 23.6 Å². The molecule has 0 aromatic heterocycles. The summed E-state index contributed by atoms with van der Waals surface area (Å²) >= 11 is 0. The topological polar surface area (TPSA) is 87.7 Å². The van der Waals surface area contributed by atoms with Gasteiger partial charge in [0.1, 0.15) is 6.61 Å². The summed E-state index contributed by atoms with van der Waals surface area (Å²) in [5.41, 5.74) is 1.60. The van der Waals surface area contributed by atoms with E-state index in [2.05, 4.69) is 10.6 Å². The quantitative estimate of drug-likeness (QED) is 0.788. The molecular weight excluding hydrogens is 322 g/mol. The lowest BCUT2D eigenvalue weighted by molar-refractivity contribution is -0.122. The van der Waals surface area contributed by atoms with Crippen molar-refractivity contribution in [2.75, 3.05) is 25.0 Å². The average Bonchev–Trinajstić information content (AvgIpc) is 3.18. The van der Waals surface area contributed by atoms with Crippen molar-refractivity contribution in [1.29, 1.82) is 0 Å². The highest BCUT2D eigenvalue weighted by Crippen LogP contribution is 2.37. The van der Waals surface area contributed by atoms with Gasteiger partial charge in [0, 0.05) is 31.1 Å². The maximum absolute atomic E-state index is 12.0. The molecule has 2 aliphatic rings. The van der Waals surface area contributed by atoms with E-state index in [0.29, 0.717) is 37.8 Å². The molecule has 3 amide bonds. The maximum atomic E-state index is 12.0. The van der Waals surface area contributed by atoms with Crippen LogP contribution in [-0.4, -0.2) is 42.5 Å². The van der Waals surface area contributed by atoms with E-state index in [-0.39, 0.29) is 30.2 Å². The Balaban J connectivity index is 1.43. The molecule has 7 nitrogen and oxygen atoms in total. The Bertz CT molecular complexity index is 676. The summed E-state index contributed by atoms with van der Waals surface area (Å²) in [5.74, 6) is 0.475. The van der Waals surface area contributed by atoms with Gasteiger partial charge < -0.3 is 20.3 Å². The van der Waals surface area contributed by atoms with Crippen LogP contribution in [0.4, 0.5) is 10.5 Å². The van der Waals surface area contributed by atoms with Crippen LogP contribution in [0.1, 0.15) is 25.3 Å². The van der Waals surface area contributed by atoms with Gasteiger partial charge in [0.2, 0.25) is 11.8 Å². The maximum Gasteiger partial charge on any atom is 0.410 e. The van der Waals surface area contributed by atoms with Gasteiger partial charge in [0.15, 0.2) is 0 Å². The van der Waals surface area contributed by atoms with Gasteiger partial charge in [0.05, 0.1) is 6.54 Å². The number of carbonyl (C=O) groups excluding carboxylic acids is 3. The second kappa shape index (κ2) is 7.55. The van der Waals surface area contributed by atoms with Crippen molar-refractivity contribution in [3.63, 3.8) is 0 Å². The number of ether oxygens (including phenoxy) is 1. The Hall–Kier alpha value is -2.57. The Morgan fingerprint density at radius 3 is 2.84 bits per heavy atom. The van der Waals surface area contributed by atoms with Gasteiger partial charge in [-0.15, -0.1) is 0 Å². The molecule has 0 bridgehead atoms. The Kier molecular flexibility index (Phi) is 5.21. The molecule has 0 spiro atoms. The molecule has 3 rings (SSSR count). The van der Waals surface area contributed by atoms with E-state index in [9.17, 15) is 14.4 Å². The van der Waals surface area contributed by atoms with Crippen LogP contribution < -0.4 is 10.6 Å². The minimum absolute atomic E-state index is 0.0415. The summed E-state index contributed by atoms with van der Waals surface area (Å²) in [7, 11) is 0. The highest BCUT2D eigenvalue weighted by atomic mass is 16.6. The first-order valence-electron chi connectivity index (χ1n) is 8.61. The Labute approximate surface area is 146 Å². The predicted octanol–water partition coefficient (Wildman–Crippen LogP) is 1.74. The van der Waals surface area contributed by atoms with Crippen molar-refractivity contribution in [2.45, 2.75) is 26.3 Å². The van der Waals surface area contributed by atoms with Crippen molar-refractivity contribution in [1.82, 2.24) is 10.2 Å². The summed E-state index contributed by atoms with van der Waals surface area (Å²) in [4.78, 5) is 36.8. The summed E-state index contributed by atoms with van der Waals surface area (Å²) in [6, 6.07) is 7.38. The molecular formula is C18H23N3O4. The minimum atomic E-state index is -0.310. The fourth-order valence-electron chi connectivity index (χ4n) is 2.88. The molecule has 1 saturated carbocycles. The third-order valence-corrected chi connectivity index (χ3v) is 4.53. The summed E-state index contributed by atoms with van der Waals surface area (Å²) in [6.45, 7) is 3.84. The third kappa shape index (κ3) is 4.71. The fourth-order valence-corrected chi connectivity index (χ4v) is 2.88. The molecule has 7 heteroatoms. The number of anilines is 1. The number of nitrogens with one attached hydrogen (secondary N) is 2. The zero-order chi connectivity index (χ0) is 17.8. The normalized spacial score (nSPS) is 21.6. The number of amides is 3. The van der Waals surface area contributed by atoms with Crippen LogP contribution in [0.3, 0.4) is 0 Å². The number of nitrogens with zero attached hydrogens (tertiary/aromatic N) is 1. The van der Waals surface area contributed by atoms with Gasteiger partial charge >= 0.3 is 6.09 Å². The van der Waals surface area contributed by atoms with E-state index >= 15 is 0 Å². The van der Waals surface area contributed by atoms with Gasteiger partial charge in [-0.25, -0.2) is 4.79 Å². The van der Waals surface area contributed by atoms with E-state index in [1.807, 2.05) is 25.1 Å². The van der Waals surface area contributed by atoms with Gasteiger partial charge in [-0.2, -0.15) is 0 Å². The Morgan fingerprint density at radius 1 is 1.36 bits per heavy atom. The molecule has 1 aliphatic heterocycles. The lowest BCUT2D eigenvalue weighted by atomic mass is 10.2. The third-order valence-electron chi connectivity index (χ3n) is 4.53. The average molecular weight is 345 g/mol. The van der Waals surface area contributed by atoms with E-state index in [0.717, 1.165) is 12.0 Å². The first-order valence-corrected chi connectivity index (χ1v) is 8.61. The van der Waals surface area contributed by atoms with Crippen molar-refractivity contribution in [2.24, 2.45) is 11.8 Å². The molecule has 134 valence electrons. The van der Waals surface area contributed by atoms with Crippen molar-refractivity contribution in [3.05, 3.63) is 29.8 Å². The van der Waals surface area contributed by atoms with Gasteiger partial charge in [-0.05, 0) is 30.0 Å². The molecule has 2 fully saturated rings. The monoisotopic (exact) mass is 345 g/mol. The number of carbonyl (C=O) groups is 3. The number of hydrogen-bond donors (Lipinski definition) is 2. The molecule has 25 heavy (non-hydrogen) atoms. The van der Waals surface area contributed by atoms with Crippen molar-refractivity contribution in [3.8, 4) is 0 Å². The van der Waals surface area contributed by atoms with Gasteiger partial charge in [-0.1, -0.05) is 19.1 Å². The first kappa shape index (κ1) is 17.3. The SMILES string of the molecule is C[C@@H]1C[C@@H]1C(=O)NCCC(=O)Nc1cccc(CN2CCOC2=O)c1. The lowest BCUT2D eigenvalue weighted by Gasteiger charge is -2.13. The van der Waals surface area contributed by atoms with Crippen LogP contribution in [0.25, 0.3) is 0 Å². The van der Waals surface area contributed by atoms with Crippen LogP contribution in [0.2, 0.25) is 0 Å². The zero-order valence-electron chi connectivity index (χ0n) is 14.3. The van der Waals surface area contributed by atoms with Crippen LogP contribution in [0, 0.1) is 11.8 Å². The molecule has 1 aromatic carbocycles. The van der Waals surface area contributed by atoms with E-state index in [1.54, 1.807) is 11.0 Å². The van der Waals surface area contributed by atoms with Gasteiger partial charge in [-0.3, -0.25) is 9.59 Å². The fraction of sp³-hybridized carbons (Fsp3) is 0.500. The van der Waals surface area contributed by atoms with E-state index in [1.165, 1.54) is 0 Å². The summed E-state index contributed by atoms with van der Waals surface area (Å²) < 4.78 is 4.91. The zero-order valence-corrected chi connectivity index (χ0v) is 14.3. The lowest BCUT2D eigenvalue weighted by Crippen LogP contribution is -2.29. The summed E-state index contributed by atoms with van der Waals surface area (Å²) in [6.07, 6.45) is 0.861. The van der Waals surface area contributed by atoms with Crippen LogP contribution in [0.15, 0.2) is 24.3 Å². The van der Waals surface area contributed by atoms with E-state index < -0.39 is 0 Å². The number of hydrogen-bond acceptors (Lipinski definition) is 4. The second-order valence-electron chi connectivity index (χ2n) is 6.64. The molecule has 0 radical (unpaired) electrons. The molecule has 1 aromatic rings. The molecule has 2 atom stereocenters. The summed E-state index contributed by atoms with van der Waals surface area (Å²) in [5, 5.41) is 5.62. The highest BCUT2D eigenvalue weighted by molar-refractivity contribution is 5.91. The molecule has 2 N–H and O–H groups in total. The molecule has 1 aliphatic carbocycles.